The highest BCUT2D eigenvalue weighted by molar-refractivity contribution is 14.1. The van der Waals surface area contributed by atoms with Crippen LogP contribution in [0.2, 0.25) is 0 Å². The van der Waals surface area contributed by atoms with Crippen molar-refractivity contribution in [3.05, 3.63) is 19.9 Å². The van der Waals surface area contributed by atoms with Gasteiger partial charge in [0, 0.05) is 13.8 Å². The van der Waals surface area contributed by atoms with Gasteiger partial charge in [0.1, 0.15) is 0 Å². The van der Waals surface area contributed by atoms with E-state index in [4.69, 9.17) is 0 Å². The van der Waals surface area contributed by atoms with Gasteiger partial charge in [0.15, 0.2) is 0 Å². The van der Waals surface area contributed by atoms with E-state index in [0.29, 0.717) is 5.92 Å². The van der Waals surface area contributed by atoms with Crippen molar-refractivity contribution in [1.29, 1.82) is 0 Å². The van der Waals surface area contributed by atoms with E-state index in [9.17, 15) is 0 Å². The van der Waals surface area contributed by atoms with Crippen molar-refractivity contribution in [3.63, 3.8) is 0 Å². The average Bonchev–Trinajstić information content (AvgIpc) is 2.14. The first-order chi connectivity index (χ1) is 4.20. The van der Waals surface area contributed by atoms with Crippen molar-refractivity contribution in [2.45, 2.75) is 19.8 Å². The SMILES string of the molecule is CC(C)c1cc(I)cs1. The minimum Gasteiger partial charge on any atom is -0.148 e. The lowest BCUT2D eigenvalue weighted by atomic mass is 10.2. The van der Waals surface area contributed by atoms with Crippen LogP contribution in [0, 0.1) is 3.57 Å². The summed E-state index contributed by atoms with van der Waals surface area (Å²) in [5.41, 5.74) is 0. The molecular formula is C7H9IS. The summed E-state index contributed by atoms with van der Waals surface area (Å²) in [5.74, 6) is 0.693. The third-order valence-corrected chi connectivity index (χ3v) is 3.44. The first-order valence-corrected chi connectivity index (χ1v) is 4.90. The molecule has 50 valence electrons. The van der Waals surface area contributed by atoms with E-state index in [2.05, 4.69) is 47.9 Å². The van der Waals surface area contributed by atoms with Crippen molar-refractivity contribution >= 4 is 33.9 Å². The van der Waals surface area contributed by atoms with Gasteiger partial charge < -0.3 is 0 Å². The van der Waals surface area contributed by atoms with Crippen molar-refractivity contribution in [3.8, 4) is 0 Å². The highest BCUT2D eigenvalue weighted by Crippen LogP contribution is 2.23. The van der Waals surface area contributed by atoms with Crippen LogP contribution in [0.1, 0.15) is 24.6 Å². The fraction of sp³-hybridized carbons (Fsp3) is 0.429. The van der Waals surface area contributed by atoms with Gasteiger partial charge in [0.25, 0.3) is 0 Å². The maximum Gasteiger partial charge on any atom is 0.0240 e. The third-order valence-electron chi connectivity index (χ3n) is 1.16. The van der Waals surface area contributed by atoms with Crippen LogP contribution >= 0.6 is 33.9 Å². The second-order valence-corrected chi connectivity index (χ2v) is 4.51. The summed E-state index contributed by atoms with van der Waals surface area (Å²) in [7, 11) is 0. The van der Waals surface area contributed by atoms with Gasteiger partial charge in [-0.15, -0.1) is 11.3 Å². The minimum absolute atomic E-state index is 0.693. The summed E-state index contributed by atoms with van der Waals surface area (Å²) < 4.78 is 1.36. The number of hydrogen-bond donors (Lipinski definition) is 0. The smallest absolute Gasteiger partial charge is 0.0240 e. The summed E-state index contributed by atoms with van der Waals surface area (Å²) in [6, 6.07) is 2.25. The molecular weight excluding hydrogens is 243 g/mol. The normalized spacial score (nSPS) is 10.7. The fourth-order valence-electron chi connectivity index (χ4n) is 0.631. The third kappa shape index (κ3) is 1.93. The van der Waals surface area contributed by atoms with Gasteiger partial charge in [-0.3, -0.25) is 0 Å². The molecule has 0 fully saturated rings. The molecule has 0 saturated heterocycles. The van der Waals surface area contributed by atoms with Crippen LogP contribution in [-0.2, 0) is 0 Å². The molecule has 1 rings (SSSR count). The number of halogens is 1. The summed E-state index contributed by atoms with van der Waals surface area (Å²) in [5, 5.41) is 2.19. The van der Waals surface area contributed by atoms with Crippen LogP contribution in [0.25, 0.3) is 0 Å². The predicted molar refractivity (Wildman–Crippen MR) is 51.1 cm³/mol. The number of thiophene rings is 1. The van der Waals surface area contributed by atoms with Gasteiger partial charge in [-0.1, -0.05) is 13.8 Å². The number of hydrogen-bond acceptors (Lipinski definition) is 1. The van der Waals surface area contributed by atoms with Crippen molar-refractivity contribution in [1.82, 2.24) is 0 Å². The van der Waals surface area contributed by atoms with Gasteiger partial charge in [-0.2, -0.15) is 0 Å². The molecule has 0 N–H and O–H groups in total. The van der Waals surface area contributed by atoms with Gasteiger partial charge in [-0.25, -0.2) is 0 Å². The summed E-state index contributed by atoms with van der Waals surface area (Å²) in [4.78, 5) is 1.49. The van der Waals surface area contributed by atoms with E-state index in [-0.39, 0.29) is 0 Å². The molecule has 0 aliphatic rings. The predicted octanol–water partition coefficient (Wildman–Crippen LogP) is 3.48. The fourth-order valence-corrected chi connectivity index (χ4v) is 2.34. The van der Waals surface area contributed by atoms with Crippen LogP contribution in [-0.4, -0.2) is 0 Å². The van der Waals surface area contributed by atoms with Crippen LogP contribution in [0.4, 0.5) is 0 Å². The van der Waals surface area contributed by atoms with Crippen LogP contribution < -0.4 is 0 Å². The van der Waals surface area contributed by atoms with Crippen LogP contribution in [0.5, 0.6) is 0 Å². The topological polar surface area (TPSA) is 0 Å². The Hall–Kier alpha value is 0.430. The monoisotopic (exact) mass is 252 g/mol. The van der Waals surface area contributed by atoms with E-state index < -0.39 is 0 Å². The van der Waals surface area contributed by atoms with E-state index >= 15 is 0 Å². The Morgan fingerprint density at radius 1 is 1.56 bits per heavy atom. The lowest BCUT2D eigenvalue weighted by Gasteiger charge is -1.95. The van der Waals surface area contributed by atoms with E-state index in [1.165, 1.54) is 8.45 Å². The van der Waals surface area contributed by atoms with Crippen molar-refractivity contribution in [2.75, 3.05) is 0 Å². The molecule has 0 aliphatic heterocycles. The van der Waals surface area contributed by atoms with Gasteiger partial charge in [0.2, 0.25) is 0 Å². The van der Waals surface area contributed by atoms with E-state index in [0.717, 1.165) is 0 Å². The molecule has 0 radical (unpaired) electrons. The van der Waals surface area contributed by atoms with Crippen molar-refractivity contribution < 1.29 is 0 Å². The second-order valence-electron chi connectivity index (χ2n) is 2.32. The highest BCUT2D eigenvalue weighted by Gasteiger charge is 2.00. The second kappa shape index (κ2) is 3.01. The first kappa shape index (κ1) is 7.54. The minimum atomic E-state index is 0.693. The van der Waals surface area contributed by atoms with Gasteiger partial charge in [0.05, 0.1) is 0 Å². The highest BCUT2D eigenvalue weighted by atomic mass is 127. The molecule has 0 unspecified atom stereocenters. The molecule has 0 nitrogen and oxygen atoms in total. The lowest BCUT2D eigenvalue weighted by molar-refractivity contribution is 0.889. The quantitative estimate of drug-likeness (QED) is 0.671. The van der Waals surface area contributed by atoms with Crippen molar-refractivity contribution in [2.24, 2.45) is 0 Å². The molecule has 0 aliphatic carbocycles. The molecule has 0 saturated carbocycles. The first-order valence-electron chi connectivity index (χ1n) is 2.94. The molecule has 0 spiro atoms. The standard InChI is InChI=1S/C7H9IS/c1-5(2)7-3-6(8)4-9-7/h3-5H,1-2H3. The molecule has 1 heterocycles. The zero-order valence-corrected chi connectivity index (χ0v) is 8.49. The number of rotatable bonds is 1. The molecule has 1 aromatic rings. The lowest BCUT2D eigenvalue weighted by Crippen LogP contribution is -1.77. The van der Waals surface area contributed by atoms with Crippen LogP contribution in [0.3, 0.4) is 0 Å². The average molecular weight is 252 g/mol. The largest absolute Gasteiger partial charge is 0.148 e. The zero-order valence-electron chi connectivity index (χ0n) is 5.52. The molecule has 0 atom stereocenters. The molecule has 9 heavy (non-hydrogen) atoms. The van der Waals surface area contributed by atoms with Gasteiger partial charge >= 0.3 is 0 Å². The summed E-state index contributed by atoms with van der Waals surface area (Å²) >= 11 is 4.19. The molecule has 2 heteroatoms. The molecule has 0 amide bonds. The zero-order chi connectivity index (χ0) is 6.85. The summed E-state index contributed by atoms with van der Waals surface area (Å²) in [6.45, 7) is 4.45. The van der Waals surface area contributed by atoms with E-state index in [1.54, 1.807) is 0 Å². The Morgan fingerprint density at radius 3 is 2.44 bits per heavy atom. The maximum atomic E-state index is 2.34. The molecule has 0 bridgehead atoms. The Bertz CT molecular complexity index is 191. The Balaban J connectivity index is 2.85. The molecule has 0 aromatic carbocycles. The Morgan fingerprint density at radius 2 is 2.22 bits per heavy atom. The van der Waals surface area contributed by atoms with Crippen LogP contribution in [0.15, 0.2) is 11.4 Å². The van der Waals surface area contributed by atoms with Gasteiger partial charge in [-0.05, 0) is 34.6 Å². The Labute approximate surface area is 73.4 Å². The Kier molecular flexibility index (Phi) is 2.52. The summed E-state index contributed by atoms with van der Waals surface area (Å²) in [6.07, 6.45) is 0. The van der Waals surface area contributed by atoms with E-state index in [1.807, 2.05) is 11.3 Å². The molecule has 1 aromatic heterocycles. The maximum absolute atomic E-state index is 2.34.